The van der Waals surface area contributed by atoms with Crippen LogP contribution in [0.2, 0.25) is 5.02 Å². The lowest BCUT2D eigenvalue weighted by atomic mass is 10.2. The molecule has 18 heavy (non-hydrogen) atoms. The van der Waals surface area contributed by atoms with E-state index in [1.165, 1.54) is 10.4 Å². The van der Waals surface area contributed by atoms with Gasteiger partial charge in [0.2, 0.25) is 0 Å². The standard InChI is InChI=1S/C14H17ClN2S/c1-2-11-5-6-18-14(11)9-17-8-10-3-4-12(15)13(16)7-10/h3-7,17H,2,8-9,16H2,1H3. The molecule has 96 valence electrons. The minimum Gasteiger partial charge on any atom is -0.398 e. The number of benzene rings is 1. The van der Waals surface area contributed by atoms with Crippen LogP contribution >= 0.6 is 22.9 Å². The number of hydrogen-bond acceptors (Lipinski definition) is 3. The Bertz CT molecular complexity index is 522. The first-order valence-corrected chi connectivity index (χ1v) is 7.26. The molecule has 2 rings (SSSR count). The molecule has 0 bridgehead atoms. The molecule has 0 saturated heterocycles. The van der Waals surface area contributed by atoms with E-state index in [2.05, 4.69) is 23.7 Å². The zero-order valence-corrected chi connectivity index (χ0v) is 11.9. The van der Waals surface area contributed by atoms with Crippen molar-refractivity contribution in [2.45, 2.75) is 26.4 Å². The highest BCUT2D eigenvalue weighted by atomic mass is 35.5. The van der Waals surface area contributed by atoms with Crippen molar-refractivity contribution >= 4 is 28.6 Å². The van der Waals surface area contributed by atoms with Crippen molar-refractivity contribution < 1.29 is 0 Å². The fourth-order valence-corrected chi connectivity index (χ4v) is 2.92. The first-order valence-electron chi connectivity index (χ1n) is 6.00. The highest BCUT2D eigenvalue weighted by Crippen LogP contribution is 2.20. The Hall–Kier alpha value is -1.03. The summed E-state index contributed by atoms with van der Waals surface area (Å²) in [4.78, 5) is 1.42. The highest BCUT2D eigenvalue weighted by Gasteiger charge is 2.02. The minimum atomic E-state index is 0.616. The van der Waals surface area contributed by atoms with Gasteiger partial charge < -0.3 is 11.1 Å². The van der Waals surface area contributed by atoms with Crippen LogP contribution < -0.4 is 11.1 Å². The largest absolute Gasteiger partial charge is 0.398 e. The quantitative estimate of drug-likeness (QED) is 0.817. The maximum absolute atomic E-state index is 5.89. The molecule has 0 atom stereocenters. The molecule has 0 fully saturated rings. The molecule has 0 aliphatic rings. The number of rotatable bonds is 5. The molecule has 0 aliphatic heterocycles. The molecule has 1 aromatic carbocycles. The summed E-state index contributed by atoms with van der Waals surface area (Å²) < 4.78 is 0. The maximum atomic E-state index is 5.89. The fraction of sp³-hybridized carbons (Fsp3) is 0.286. The van der Waals surface area contributed by atoms with E-state index in [1.807, 2.05) is 18.2 Å². The number of aryl methyl sites for hydroxylation is 1. The van der Waals surface area contributed by atoms with Crippen LogP contribution in [0.1, 0.15) is 22.9 Å². The second-order valence-electron chi connectivity index (χ2n) is 4.18. The zero-order valence-electron chi connectivity index (χ0n) is 10.4. The molecule has 0 spiro atoms. The van der Waals surface area contributed by atoms with Gasteiger partial charge in [-0.25, -0.2) is 0 Å². The number of anilines is 1. The lowest BCUT2D eigenvalue weighted by molar-refractivity contribution is 0.697. The van der Waals surface area contributed by atoms with Crippen LogP contribution in [0.3, 0.4) is 0 Å². The van der Waals surface area contributed by atoms with Crippen molar-refractivity contribution in [2.75, 3.05) is 5.73 Å². The smallest absolute Gasteiger partial charge is 0.0635 e. The monoisotopic (exact) mass is 280 g/mol. The van der Waals surface area contributed by atoms with Gasteiger partial charge in [0, 0.05) is 18.0 Å². The van der Waals surface area contributed by atoms with Gasteiger partial charge >= 0.3 is 0 Å². The Morgan fingerprint density at radius 2 is 2.11 bits per heavy atom. The number of halogens is 1. The summed E-state index contributed by atoms with van der Waals surface area (Å²) in [6.07, 6.45) is 1.09. The first-order chi connectivity index (χ1) is 8.70. The molecule has 1 heterocycles. The molecule has 0 unspecified atom stereocenters. The number of thiophene rings is 1. The van der Waals surface area contributed by atoms with Crippen molar-refractivity contribution in [1.82, 2.24) is 5.32 Å². The lowest BCUT2D eigenvalue weighted by Gasteiger charge is -2.07. The number of nitrogens with two attached hydrogens (primary N) is 1. The van der Waals surface area contributed by atoms with Crippen molar-refractivity contribution in [2.24, 2.45) is 0 Å². The molecule has 0 saturated carbocycles. The third-order valence-electron chi connectivity index (χ3n) is 2.89. The maximum Gasteiger partial charge on any atom is 0.0635 e. The second-order valence-corrected chi connectivity index (χ2v) is 5.59. The van der Waals surface area contributed by atoms with E-state index in [1.54, 1.807) is 11.3 Å². The molecule has 0 radical (unpaired) electrons. The topological polar surface area (TPSA) is 38.0 Å². The van der Waals surface area contributed by atoms with Gasteiger partial charge in [0.05, 0.1) is 10.7 Å². The number of nitrogens with one attached hydrogen (secondary N) is 1. The summed E-state index contributed by atoms with van der Waals surface area (Å²) in [6.45, 7) is 3.90. The lowest BCUT2D eigenvalue weighted by Crippen LogP contribution is -2.12. The Morgan fingerprint density at radius 3 is 2.83 bits per heavy atom. The predicted molar refractivity (Wildman–Crippen MR) is 80.1 cm³/mol. The fourth-order valence-electron chi connectivity index (χ4n) is 1.86. The van der Waals surface area contributed by atoms with Gasteiger partial charge in [-0.15, -0.1) is 11.3 Å². The van der Waals surface area contributed by atoms with E-state index in [0.717, 1.165) is 25.1 Å². The molecular formula is C14H17ClN2S. The average molecular weight is 281 g/mol. The molecule has 2 aromatic rings. The summed E-state index contributed by atoms with van der Waals surface area (Å²) in [5.41, 5.74) is 9.01. The van der Waals surface area contributed by atoms with Gasteiger partial charge in [-0.3, -0.25) is 0 Å². The zero-order chi connectivity index (χ0) is 13.0. The van der Waals surface area contributed by atoms with Crippen LogP contribution in [0.4, 0.5) is 5.69 Å². The molecule has 0 amide bonds. The second kappa shape index (κ2) is 6.23. The Morgan fingerprint density at radius 1 is 1.28 bits per heavy atom. The summed E-state index contributed by atoms with van der Waals surface area (Å²) in [5, 5.41) is 6.20. The average Bonchev–Trinajstić information content (AvgIpc) is 2.81. The van der Waals surface area contributed by atoms with Crippen molar-refractivity contribution in [3.05, 3.63) is 50.7 Å². The molecule has 0 aliphatic carbocycles. The molecule has 3 N–H and O–H groups in total. The van der Waals surface area contributed by atoms with Gasteiger partial charge in [-0.05, 0) is 41.1 Å². The molecule has 2 nitrogen and oxygen atoms in total. The van der Waals surface area contributed by atoms with E-state index in [9.17, 15) is 0 Å². The summed E-state index contributed by atoms with van der Waals surface area (Å²) in [7, 11) is 0. The summed E-state index contributed by atoms with van der Waals surface area (Å²) in [5.74, 6) is 0. The highest BCUT2D eigenvalue weighted by molar-refractivity contribution is 7.10. The van der Waals surface area contributed by atoms with Crippen LogP contribution in [-0.2, 0) is 19.5 Å². The van der Waals surface area contributed by atoms with Gasteiger partial charge in [0.25, 0.3) is 0 Å². The van der Waals surface area contributed by atoms with Gasteiger partial charge in [-0.1, -0.05) is 24.6 Å². The van der Waals surface area contributed by atoms with Crippen LogP contribution in [0.25, 0.3) is 0 Å². The van der Waals surface area contributed by atoms with E-state index < -0.39 is 0 Å². The van der Waals surface area contributed by atoms with E-state index in [0.29, 0.717) is 10.7 Å². The van der Waals surface area contributed by atoms with E-state index in [-0.39, 0.29) is 0 Å². The molecular weight excluding hydrogens is 264 g/mol. The predicted octanol–water partition coefficient (Wildman–Crippen LogP) is 3.84. The Kier molecular flexibility index (Phi) is 4.64. The third kappa shape index (κ3) is 3.25. The molecule has 1 aromatic heterocycles. The van der Waals surface area contributed by atoms with Gasteiger partial charge in [0.1, 0.15) is 0 Å². The third-order valence-corrected chi connectivity index (χ3v) is 4.20. The van der Waals surface area contributed by atoms with Crippen LogP contribution in [-0.4, -0.2) is 0 Å². The van der Waals surface area contributed by atoms with Crippen LogP contribution in [0.15, 0.2) is 29.6 Å². The Labute approximate surface area is 117 Å². The van der Waals surface area contributed by atoms with Crippen molar-refractivity contribution in [3.8, 4) is 0 Å². The summed E-state index contributed by atoms with van der Waals surface area (Å²) >= 11 is 7.70. The SMILES string of the molecule is CCc1ccsc1CNCc1ccc(Cl)c(N)c1. The summed E-state index contributed by atoms with van der Waals surface area (Å²) in [6, 6.07) is 7.96. The number of nitrogen functional groups attached to an aromatic ring is 1. The van der Waals surface area contributed by atoms with Crippen molar-refractivity contribution in [1.29, 1.82) is 0 Å². The van der Waals surface area contributed by atoms with E-state index in [4.69, 9.17) is 17.3 Å². The van der Waals surface area contributed by atoms with Gasteiger partial charge in [0.15, 0.2) is 0 Å². The molecule has 4 heteroatoms. The van der Waals surface area contributed by atoms with Crippen molar-refractivity contribution in [3.63, 3.8) is 0 Å². The van der Waals surface area contributed by atoms with E-state index >= 15 is 0 Å². The Balaban J connectivity index is 1.90. The normalized spacial score (nSPS) is 10.8. The number of hydrogen-bond donors (Lipinski definition) is 2. The minimum absolute atomic E-state index is 0.616. The van der Waals surface area contributed by atoms with Gasteiger partial charge in [-0.2, -0.15) is 0 Å². The van der Waals surface area contributed by atoms with Crippen LogP contribution in [0, 0.1) is 0 Å². The first kappa shape index (κ1) is 13.4. The van der Waals surface area contributed by atoms with Crippen LogP contribution in [0.5, 0.6) is 0 Å².